The minimum absolute atomic E-state index is 0.0562. The number of amides is 2. The normalized spacial score (nSPS) is 11.4. The van der Waals surface area contributed by atoms with E-state index in [4.69, 9.17) is 5.10 Å². The van der Waals surface area contributed by atoms with Gasteiger partial charge in [0.2, 0.25) is 11.8 Å². The molecule has 0 aliphatic rings. The smallest absolute Gasteiger partial charge is 0.245 e. The number of rotatable bonds is 11. The number of aromatic nitrogens is 2. The monoisotopic (exact) mass is 440 g/mol. The number of carbonyl (C=O) groups is 2. The van der Waals surface area contributed by atoms with Crippen molar-refractivity contribution in [3.8, 4) is 5.69 Å². The predicted octanol–water partition coefficient (Wildman–Crippen LogP) is 5.63. The molecule has 0 spiro atoms. The van der Waals surface area contributed by atoms with E-state index >= 15 is 0 Å². The summed E-state index contributed by atoms with van der Waals surface area (Å²) in [6, 6.07) is 9.96. The van der Waals surface area contributed by atoms with E-state index < -0.39 is 0 Å². The lowest BCUT2D eigenvalue weighted by Gasteiger charge is -2.22. The summed E-state index contributed by atoms with van der Waals surface area (Å²) in [5.74, 6) is 0.479. The van der Waals surface area contributed by atoms with Crippen molar-refractivity contribution in [3.63, 3.8) is 0 Å². The lowest BCUT2D eigenvalue weighted by Crippen LogP contribution is -2.38. The number of carbonyl (C=O) groups excluding carboxylic acids is 2. The molecule has 6 nitrogen and oxygen atoms in total. The van der Waals surface area contributed by atoms with Gasteiger partial charge in [-0.15, -0.1) is 0 Å². The summed E-state index contributed by atoms with van der Waals surface area (Å²) in [5, 5.41) is 7.78. The van der Waals surface area contributed by atoms with E-state index in [0.29, 0.717) is 18.8 Å². The zero-order valence-corrected chi connectivity index (χ0v) is 20.7. The van der Waals surface area contributed by atoms with Gasteiger partial charge >= 0.3 is 0 Å². The van der Waals surface area contributed by atoms with Crippen molar-refractivity contribution in [2.75, 3.05) is 18.4 Å². The maximum absolute atomic E-state index is 12.9. The minimum Gasteiger partial charge on any atom is -0.333 e. The van der Waals surface area contributed by atoms with Gasteiger partial charge in [0.25, 0.3) is 0 Å². The highest BCUT2D eigenvalue weighted by Gasteiger charge is 2.23. The summed E-state index contributed by atoms with van der Waals surface area (Å²) in [6.07, 6.45) is 5.54. The molecule has 0 fully saturated rings. The Labute approximate surface area is 193 Å². The molecule has 1 N–H and O–H groups in total. The molecule has 32 heavy (non-hydrogen) atoms. The standard InChI is InChI=1S/C26H40N4O2/c1-7-9-10-11-15-25(32)29(16-8-2)19-24(31)27-23-18-22(26(4,5)6)28-30(23)21-14-12-13-20(3)17-21/h12-14,17-18H,7-11,15-16,19H2,1-6H3,(H,27,31). The van der Waals surface area contributed by atoms with E-state index in [1.165, 1.54) is 0 Å². The van der Waals surface area contributed by atoms with Crippen molar-refractivity contribution in [1.29, 1.82) is 0 Å². The second kappa shape index (κ2) is 11.8. The van der Waals surface area contributed by atoms with Crippen LogP contribution in [0, 0.1) is 6.92 Å². The molecule has 0 saturated heterocycles. The van der Waals surface area contributed by atoms with Gasteiger partial charge in [-0.25, -0.2) is 4.68 Å². The quantitative estimate of drug-likeness (QED) is 0.461. The van der Waals surface area contributed by atoms with Gasteiger partial charge in [0.1, 0.15) is 5.82 Å². The van der Waals surface area contributed by atoms with Gasteiger partial charge in [0, 0.05) is 24.4 Å². The Morgan fingerprint density at radius 1 is 1.06 bits per heavy atom. The number of hydrogen-bond donors (Lipinski definition) is 1. The van der Waals surface area contributed by atoms with Crippen LogP contribution in [0.15, 0.2) is 30.3 Å². The first-order valence-electron chi connectivity index (χ1n) is 11.9. The zero-order valence-electron chi connectivity index (χ0n) is 20.7. The maximum atomic E-state index is 12.9. The SMILES string of the molecule is CCCCCCC(=O)N(CCC)CC(=O)Nc1cc(C(C)(C)C)nn1-c1cccc(C)c1. The molecule has 2 rings (SSSR count). The summed E-state index contributed by atoms with van der Waals surface area (Å²) in [7, 11) is 0. The zero-order chi connectivity index (χ0) is 23.7. The van der Waals surface area contributed by atoms with Crippen molar-refractivity contribution in [2.45, 2.75) is 85.5 Å². The van der Waals surface area contributed by atoms with Gasteiger partial charge in [0.15, 0.2) is 0 Å². The third-order valence-corrected chi connectivity index (χ3v) is 5.42. The molecule has 6 heteroatoms. The first-order valence-corrected chi connectivity index (χ1v) is 11.9. The van der Waals surface area contributed by atoms with Gasteiger partial charge in [-0.2, -0.15) is 5.10 Å². The Morgan fingerprint density at radius 2 is 1.81 bits per heavy atom. The molecule has 0 aliphatic heterocycles. The molecule has 0 unspecified atom stereocenters. The molecule has 2 amide bonds. The van der Waals surface area contributed by atoms with Crippen LogP contribution in [-0.2, 0) is 15.0 Å². The topological polar surface area (TPSA) is 67.2 Å². The number of benzene rings is 1. The van der Waals surface area contributed by atoms with Crippen LogP contribution in [0.5, 0.6) is 0 Å². The summed E-state index contributed by atoms with van der Waals surface area (Å²) < 4.78 is 1.78. The van der Waals surface area contributed by atoms with E-state index in [1.54, 1.807) is 9.58 Å². The third kappa shape index (κ3) is 7.50. The van der Waals surface area contributed by atoms with E-state index in [1.807, 2.05) is 44.2 Å². The van der Waals surface area contributed by atoms with E-state index in [2.05, 4.69) is 33.0 Å². The lowest BCUT2D eigenvalue weighted by atomic mass is 9.92. The Balaban J connectivity index is 2.18. The number of aryl methyl sites for hydroxylation is 1. The number of anilines is 1. The van der Waals surface area contributed by atoms with Crippen molar-refractivity contribution < 1.29 is 9.59 Å². The van der Waals surface area contributed by atoms with Gasteiger partial charge in [0.05, 0.1) is 17.9 Å². The number of unbranched alkanes of at least 4 members (excludes halogenated alkanes) is 3. The second-order valence-corrected chi connectivity index (χ2v) is 9.59. The first-order chi connectivity index (χ1) is 15.2. The minimum atomic E-state index is -0.199. The lowest BCUT2D eigenvalue weighted by molar-refractivity contribution is -0.134. The number of nitrogens with one attached hydrogen (secondary N) is 1. The molecule has 0 bridgehead atoms. The fourth-order valence-electron chi connectivity index (χ4n) is 3.57. The average molecular weight is 441 g/mol. The molecule has 0 saturated carbocycles. The van der Waals surface area contributed by atoms with Crippen LogP contribution in [0.25, 0.3) is 5.69 Å². The van der Waals surface area contributed by atoms with Crippen LogP contribution in [0.2, 0.25) is 0 Å². The van der Waals surface area contributed by atoms with Crippen LogP contribution in [-0.4, -0.2) is 39.6 Å². The highest BCUT2D eigenvalue weighted by atomic mass is 16.2. The van der Waals surface area contributed by atoms with Crippen LogP contribution < -0.4 is 5.32 Å². The maximum Gasteiger partial charge on any atom is 0.245 e. The average Bonchev–Trinajstić information content (AvgIpc) is 3.15. The molecule has 2 aromatic rings. The molecule has 1 aromatic carbocycles. The molecular weight excluding hydrogens is 400 g/mol. The fraction of sp³-hybridized carbons (Fsp3) is 0.577. The van der Waals surface area contributed by atoms with Crippen molar-refractivity contribution in [1.82, 2.24) is 14.7 Å². The first kappa shape index (κ1) is 25.6. The highest BCUT2D eigenvalue weighted by molar-refractivity contribution is 5.94. The van der Waals surface area contributed by atoms with Crippen LogP contribution in [0.3, 0.4) is 0 Å². The van der Waals surface area contributed by atoms with Gasteiger partial charge in [-0.3, -0.25) is 9.59 Å². The van der Waals surface area contributed by atoms with Crippen molar-refractivity contribution in [2.24, 2.45) is 0 Å². The highest BCUT2D eigenvalue weighted by Crippen LogP contribution is 2.26. The Kier molecular flexibility index (Phi) is 9.48. The van der Waals surface area contributed by atoms with Crippen molar-refractivity contribution >= 4 is 17.6 Å². The molecule has 0 radical (unpaired) electrons. The predicted molar refractivity (Wildman–Crippen MR) is 131 cm³/mol. The fourth-order valence-corrected chi connectivity index (χ4v) is 3.57. The molecule has 176 valence electrons. The van der Waals surface area contributed by atoms with Gasteiger partial charge in [-0.1, -0.05) is 66.0 Å². The van der Waals surface area contributed by atoms with Crippen LogP contribution in [0.1, 0.15) is 84.4 Å². The molecule has 1 aromatic heterocycles. The van der Waals surface area contributed by atoms with E-state index in [9.17, 15) is 9.59 Å². The van der Waals surface area contributed by atoms with E-state index in [0.717, 1.165) is 49.0 Å². The van der Waals surface area contributed by atoms with Crippen LogP contribution in [0.4, 0.5) is 5.82 Å². The Hall–Kier alpha value is -2.63. The van der Waals surface area contributed by atoms with Gasteiger partial charge < -0.3 is 10.2 Å². The van der Waals surface area contributed by atoms with Gasteiger partial charge in [-0.05, 0) is 37.5 Å². The Morgan fingerprint density at radius 3 is 2.44 bits per heavy atom. The number of hydrogen-bond acceptors (Lipinski definition) is 3. The molecule has 0 atom stereocenters. The van der Waals surface area contributed by atoms with Crippen LogP contribution >= 0.6 is 0 Å². The summed E-state index contributed by atoms with van der Waals surface area (Å²) >= 11 is 0. The molecule has 1 heterocycles. The summed E-state index contributed by atoms with van der Waals surface area (Å²) in [5.41, 5.74) is 2.76. The largest absolute Gasteiger partial charge is 0.333 e. The second-order valence-electron chi connectivity index (χ2n) is 9.59. The third-order valence-electron chi connectivity index (χ3n) is 5.42. The number of nitrogens with zero attached hydrogens (tertiary/aromatic N) is 3. The molecular formula is C26H40N4O2. The van der Waals surface area contributed by atoms with E-state index in [-0.39, 0.29) is 23.8 Å². The molecule has 0 aliphatic carbocycles. The Bertz CT molecular complexity index is 895. The summed E-state index contributed by atoms with van der Waals surface area (Å²) in [6.45, 7) is 13.2. The summed E-state index contributed by atoms with van der Waals surface area (Å²) in [4.78, 5) is 27.3. The van der Waals surface area contributed by atoms with Crippen molar-refractivity contribution in [3.05, 3.63) is 41.6 Å².